The molecular formula is C13H13BrN2O5. The molecule has 0 N–H and O–H groups in total. The van der Waals surface area contributed by atoms with Gasteiger partial charge in [0.25, 0.3) is 11.6 Å². The predicted octanol–water partition coefficient (Wildman–Crippen LogP) is 2.27. The van der Waals surface area contributed by atoms with Gasteiger partial charge in [0.15, 0.2) is 0 Å². The van der Waals surface area contributed by atoms with Crippen LogP contribution < -0.4 is 0 Å². The molecule has 0 radical (unpaired) electrons. The number of hydrogen-bond donors (Lipinski definition) is 0. The van der Waals surface area contributed by atoms with Gasteiger partial charge in [-0.3, -0.25) is 19.7 Å². The van der Waals surface area contributed by atoms with Crippen molar-refractivity contribution < 1.29 is 19.2 Å². The number of nitrogens with zero attached hydrogens (tertiary/aromatic N) is 2. The highest BCUT2D eigenvalue weighted by Gasteiger charge is 2.30. The quantitative estimate of drug-likeness (QED) is 0.458. The summed E-state index contributed by atoms with van der Waals surface area (Å²) in [5.41, 5.74) is 1.04. The molecule has 1 aromatic carbocycles. The van der Waals surface area contributed by atoms with Crippen molar-refractivity contribution in [1.82, 2.24) is 4.90 Å². The van der Waals surface area contributed by atoms with Crippen LogP contribution in [0.15, 0.2) is 16.6 Å². The Morgan fingerprint density at radius 1 is 1.52 bits per heavy atom. The fourth-order valence-corrected chi connectivity index (χ4v) is 2.71. The van der Waals surface area contributed by atoms with Gasteiger partial charge < -0.3 is 9.64 Å². The monoisotopic (exact) mass is 356 g/mol. The van der Waals surface area contributed by atoms with E-state index in [0.717, 1.165) is 0 Å². The molecule has 1 aliphatic rings. The first-order valence-corrected chi connectivity index (χ1v) is 7.06. The number of rotatable bonds is 5. The molecular weight excluding hydrogens is 344 g/mol. The molecule has 0 saturated heterocycles. The molecule has 1 aliphatic heterocycles. The second-order valence-corrected chi connectivity index (χ2v) is 5.48. The number of carbonyl (C=O) groups excluding carboxylic acids is 2. The number of ether oxygens (including phenoxy) is 1. The smallest absolute Gasteiger partial charge is 0.305 e. The Labute approximate surface area is 129 Å². The van der Waals surface area contributed by atoms with Crippen molar-refractivity contribution >= 4 is 33.5 Å². The van der Waals surface area contributed by atoms with Crippen molar-refractivity contribution in [3.8, 4) is 0 Å². The number of nitro benzene ring substituents is 1. The lowest BCUT2D eigenvalue weighted by molar-refractivity contribution is -0.385. The molecule has 0 saturated carbocycles. The van der Waals surface area contributed by atoms with Gasteiger partial charge in [0, 0.05) is 31.1 Å². The molecule has 0 aromatic heterocycles. The van der Waals surface area contributed by atoms with E-state index in [1.165, 1.54) is 19.2 Å². The number of fused-ring (bicyclic) bond motifs is 1. The molecule has 0 spiro atoms. The van der Waals surface area contributed by atoms with Crippen LogP contribution >= 0.6 is 15.9 Å². The van der Waals surface area contributed by atoms with Crippen LogP contribution in [0.5, 0.6) is 0 Å². The summed E-state index contributed by atoms with van der Waals surface area (Å²) in [7, 11) is 1.32. The summed E-state index contributed by atoms with van der Waals surface area (Å²) >= 11 is 3.11. The largest absolute Gasteiger partial charge is 0.469 e. The molecule has 1 heterocycles. The fourth-order valence-electron chi connectivity index (χ4n) is 2.22. The Hall–Kier alpha value is -1.96. The Morgan fingerprint density at radius 3 is 2.86 bits per heavy atom. The van der Waals surface area contributed by atoms with E-state index in [-0.39, 0.29) is 28.5 Å². The minimum Gasteiger partial charge on any atom is -0.469 e. The topological polar surface area (TPSA) is 89.8 Å². The van der Waals surface area contributed by atoms with E-state index >= 15 is 0 Å². The maximum absolute atomic E-state index is 12.2. The standard InChI is InChI=1S/C13H13BrN2O5/c1-21-12(17)3-2-4-15-7-8-5-11(16(19)20)10(14)6-9(8)13(15)18/h5-6H,2-4,7H2,1H3. The first kappa shape index (κ1) is 15.4. The maximum atomic E-state index is 12.2. The number of methoxy groups -OCH3 is 1. The normalized spacial score (nSPS) is 13.2. The number of nitro groups is 1. The minimum atomic E-state index is -0.491. The van der Waals surface area contributed by atoms with Crippen molar-refractivity contribution in [1.29, 1.82) is 0 Å². The molecule has 7 nitrogen and oxygen atoms in total. The summed E-state index contributed by atoms with van der Waals surface area (Å²) in [5, 5.41) is 10.9. The van der Waals surface area contributed by atoms with Crippen molar-refractivity contribution in [3.05, 3.63) is 37.8 Å². The van der Waals surface area contributed by atoms with E-state index in [0.29, 0.717) is 30.6 Å². The molecule has 0 bridgehead atoms. The van der Waals surface area contributed by atoms with E-state index in [4.69, 9.17) is 0 Å². The third-order valence-corrected chi connectivity index (χ3v) is 3.92. The van der Waals surface area contributed by atoms with Crippen LogP contribution in [0.1, 0.15) is 28.8 Å². The third kappa shape index (κ3) is 3.21. The number of carbonyl (C=O) groups is 2. The number of hydrogen-bond acceptors (Lipinski definition) is 5. The van der Waals surface area contributed by atoms with Crippen LogP contribution in [0, 0.1) is 10.1 Å². The minimum absolute atomic E-state index is 0.0574. The molecule has 0 fully saturated rings. The van der Waals surface area contributed by atoms with E-state index in [9.17, 15) is 19.7 Å². The van der Waals surface area contributed by atoms with Gasteiger partial charge in [-0.2, -0.15) is 0 Å². The Morgan fingerprint density at radius 2 is 2.24 bits per heavy atom. The molecule has 1 aromatic rings. The van der Waals surface area contributed by atoms with Gasteiger partial charge in [0.1, 0.15) is 0 Å². The van der Waals surface area contributed by atoms with E-state index in [2.05, 4.69) is 20.7 Å². The van der Waals surface area contributed by atoms with E-state index in [1.807, 2.05) is 0 Å². The molecule has 8 heteroatoms. The Balaban J connectivity index is 2.09. The Kier molecular flexibility index (Phi) is 4.56. The van der Waals surface area contributed by atoms with Gasteiger partial charge in [-0.05, 0) is 34.0 Å². The maximum Gasteiger partial charge on any atom is 0.305 e. The predicted molar refractivity (Wildman–Crippen MR) is 76.8 cm³/mol. The summed E-state index contributed by atoms with van der Waals surface area (Å²) in [6.07, 6.45) is 0.732. The van der Waals surface area contributed by atoms with Gasteiger partial charge in [0.05, 0.1) is 16.5 Å². The lowest BCUT2D eigenvalue weighted by Crippen LogP contribution is -2.25. The number of esters is 1. The van der Waals surface area contributed by atoms with Crippen LogP contribution in [0.25, 0.3) is 0 Å². The lowest BCUT2D eigenvalue weighted by atomic mass is 10.1. The van der Waals surface area contributed by atoms with Crippen molar-refractivity contribution in [2.24, 2.45) is 0 Å². The molecule has 2 rings (SSSR count). The third-order valence-electron chi connectivity index (χ3n) is 3.28. The summed E-state index contributed by atoms with van der Waals surface area (Å²) < 4.78 is 4.83. The zero-order valence-electron chi connectivity index (χ0n) is 11.3. The highest BCUT2D eigenvalue weighted by molar-refractivity contribution is 9.10. The molecule has 0 atom stereocenters. The highest BCUT2D eigenvalue weighted by Crippen LogP contribution is 2.33. The number of amides is 1. The van der Waals surface area contributed by atoms with Crippen LogP contribution in [0.4, 0.5) is 5.69 Å². The Bertz CT molecular complexity index is 617. The summed E-state index contributed by atoms with van der Waals surface area (Å²) in [6.45, 7) is 0.734. The second-order valence-electron chi connectivity index (χ2n) is 4.62. The van der Waals surface area contributed by atoms with Crippen molar-refractivity contribution in [2.45, 2.75) is 19.4 Å². The van der Waals surface area contributed by atoms with E-state index < -0.39 is 4.92 Å². The van der Waals surface area contributed by atoms with Crippen molar-refractivity contribution in [2.75, 3.05) is 13.7 Å². The lowest BCUT2D eigenvalue weighted by Gasteiger charge is -2.14. The fraction of sp³-hybridized carbons (Fsp3) is 0.385. The van der Waals surface area contributed by atoms with Gasteiger partial charge in [-0.25, -0.2) is 0 Å². The molecule has 0 unspecified atom stereocenters. The van der Waals surface area contributed by atoms with Gasteiger partial charge >= 0.3 is 5.97 Å². The molecule has 112 valence electrons. The molecule has 21 heavy (non-hydrogen) atoms. The highest BCUT2D eigenvalue weighted by atomic mass is 79.9. The average molecular weight is 357 g/mol. The van der Waals surface area contributed by atoms with Gasteiger partial charge in [-0.1, -0.05) is 0 Å². The van der Waals surface area contributed by atoms with Crippen LogP contribution in [-0.2, 0) is 16.1 Å². The zero-order valence-corrected chi connectivity index (χ0v) is 12.9. The number of benzene rings is 1. The molecule has 0 aliphatic carbocycles. The van der Waals surface area contributed by atoms with Crippen molar-refractivity contribution in [3.63, 3.8) is 0 Å². The van der Waals surface area contributed by atoms with Crippen LogP contribution in [0.2, 0.25) is 0 Å². The van der Waals surface area contributed by atoms with E-state index in [1.54, 1.807) is 4.90 Å². The average Bonchev–Trinajstić information content (AvgIpc) is 2.74. The first-order chi connectivity index (χ1) is 9.93. The summed E-state index contributed by atoms with van der Waals surface area (Å²) in [4.78, 5) is 35.2. The first-order valence-electron chi connectivity index (χ1n) is 6.27. The van der Waals surface area contributed by atoms with Gasteiger partial charge in [0.2, 0.25) is 0 Å². The molecule has 1 amide bonds. The van der Waals surface area contributed by atoms with Gasteiger partial charge in [-0.15, -0.1) is 0 Å². The SMILES string of the molecule is COC(=O)CCCN1Cc2cc([N+](=O)[O-])c(Br)cc2C1=O. The van der Waals surface area contributed by atoms with Crippen LogP contribution in [0.3, 0.4) is 0 Å². The zero-order chi connectivity index (χ0) is 15.6. The second kappa shape index (κ2) is 6.21. The summed E-state index contributed by atoms with van der Waals surface area (Å²) in [5.74, 6) is -0.497. The number of halogens is 1. The van der Waals surface area contributed by atoms with Crippen LogP contribution in [-0.4, -0.2) is 35.4 Å². The summed E-state index contributed by atoms with van der Waals surface area (Å²) in [6, 6.07) is 2.90.